The Hall–Kier alpha value is -1.99. The van der Waals surface area contributed by atoms with Crippen LogP contribution in [0.3, 0.4) is 0 Å². The van der Waals surface area contributed by atoms with E-state index in [0.29, 0.717) is 36.6 Å². The van der Waals surface area contributed by atoms with Gasteiger partial charge in [0.25, 0.3) is 5.92 Å². The minimum absolute atomic E-state index is 0.0413. The van der Waals surface area contributed by atoms with Crippen LogP contribution >= 0.6 is 0 Å². The zero-order valence-corrected chi connectivity index (χ0v) is 18.2. The average Bonchev–Trinajstić information content (AvgIpc) is 2.96. The Morgan fingerprint density at radius 2 is 1.93 bits per heavy atom. The minimum atomic E-state index is -2.90. The molecule has 3 fully saturated rings. The lowest BCUT2D eigenvalue weighted by molar-refractivity contribution is -0.141. The SMILES string of the molecule is COC(=O)CC1[C@]2(C)CN(c3nc(N4CC[C@@H]4C)nc4c3CCCC4(F)F)C[C@]12C. The Kier molecular flexibility index (Phi) is 4.16. The van der Waals surface area contributed by atoms with Crippen molar-refractivity contribution in [2.24, 2.45) is 16.7 Å². The van der Waals surface area contributed by atoms with E-state index < -0.39 is 5.92 Å². The van der Waals surface area contributed by atoms with Crippen molar-refractivity contribution in [3.05, 3.63) is 11.3 Å². The maximum atomic E-state index is 14.8. The predicted octanol–water partition coefficient (Wildman–Crippen LogP) is 3.53. The van der Waals surface area contributed by atoms with Crippen molar-refractivity contribution in [3.8, 4) is 0 Å². The molecule has 5 rings (SSSR count). The number of fused-ring (bicyclic) bond motifs is 2. The third kappa shape index (κ3) is 2.61. The molecule has 0 aromatic carbocycles. The fraction of sp³-hybridized carbons (Fsp3) is 0.773. The van der Waals surface area contributed by atoms with Gasteiger partial charge in [0.1, 0.15) is 11.5 Å². The van der Waals surface area contributed by atoms with E-state index in [9.17, 15) is 13.6 Å². The molecule has 4 atom stereocenters. The molecule has 30 heavy (non-hydrogen) atoms. The van der Waals surface area contributed by atoms with Crippen LogP contribution in [0.25, 0.3) is 0 Å². The van der Waals surface area contributed by atoms with Crippen LogP contribution in [0.1, 0.15) is 57.7 Å². The number of hydrogen-bond donors (Lipinski definition) is 0. The van der Waals surface area contributed by atoms with Gasteiger partial charge in [0.2, 0.25) is 5.95 Å². The van der Waals surface area contributed by atoms with E-state index >= 15 is 0 Å². The van der Waals surface area contributed by atoms with Crippen LogP contribution in [0.4, 0.5) is 20.5 Å². The fourth-order valence-corrected chi connectivity index (χ4v) is 6.16. The number of alkyl halides is 2. The predicted molar refractivity (Wildman–Crippen MR) is 109 cm³/mol. The van der Waals surface area contributed by atoms with Crippen molar-refractivity contribution in [1.29, 1.82) is 0 Å². The van der Waals surface area contributed by atoms with E-state index in [1.165, 1.54) is 7.11 Å². The molecule has 0 amide bonds. The standard InChI is InChI=1S/C22H30F2N4O2/c1-13-7-9-28(13)19-25-17-14(6-5-8-22(17,23)24)18(26-19)27-11-20(2)15(10-16(29)30-4)21(20,3)12-27/h13,15H,5-12H2,1-4H3/t13-,15?,20-,21+/m0/s1. The number of carbonyl (C=O) groups excluding carboxylic acids is 1. The van der Waals surface area contributed by atoms with Crippen molar-refractivity contribution >= 4 is 17.7 Å². The lowest BCUT2D eigenvalue weighted by Crippen LogP contribution is -2.47. The molecule has 1 aromatic heterocycles. The van der Waals surface area contributed by atoms with Crippen molar-refractivity contribution in [2.75, 3.05) is 36.5 Å². The quantitative estimate of drug-likeness (QED) is 0.695. The number of rotatable bonds is 4. The molecule has 3 heterocycles. The highest BCUT2D eigenvalue weighted by Crippen LogP contribution is 2.74. The van der Waals surface area contributed by atoms with Crippen LogP contribution < -0.4 is 9.80 Å². The molecule has 2 aliphatic heterocycles. The molecular formula is C22H30F2N4O2. The summed E-state index contributed by atoms with van der Waals surface area (Å²) in [5.74, 6) is -1.72. The summed E-state index contributed by atoms with van der Waals surface area (Å²) in [6.45, 7) is 8.71. The number of esters is 1. The van der Waals surface area contributed by atoms with Crippen molar-refractivity contribution in [3.63, 3.8) is 0 Å². The van der Waals surface area contributed by atoms with Gasteiger partial charge in [-0.05, 0) is 42.9 Å². The van der Waals surface area contributed by atoms with Gasteiger partial charge >= 0.3 is 5.97 Å². The van der Waals surface area contributed by atoms with Gasteiger partial charge in [0, 0.05) is 44.1 Å². The highest BCUT2D eigenvalue weighted by Gasteiger charge is 2.75. The number of piperidine rings is 1. The van der Waals surface area contributed by atoms with E-state index in [4.69, 9.17) is 9.72 Å². The monoisotopic (exact) mass is 420 g/mol. The Labute approximate surface area is 176 Å². The number of nitrogens with zero attached hydrogens (tertiary/aromatic N) is 4. The van der Waals surface area contributed by atoms with E-state index in [1.807, 2.05) is 4.90 Å². The van der Waals surface area contributed by atoms with Crippen LogP contribution in [0, 0.1) is 16.7 Å². The van der Waals surface area contributed by atoms with Crippen molar-refractivity contribution in [2.45, 2.75) is 64.8 Å². The van der Waals surface area contributed by atoms with Gasteiger partial charge in [-0.2, -0.15) is 13.8 Å². The maximum Gasteiger partial charge on any atom is 0.305 e. The summed E-state index contributed by atoms with van der Waals surface area (Å²) in [5, 5.41) is 0. The number of carbonyl (C=O) groups is 1. The zero-order valence-electron chi connectivity index (χ0n) is 18.2. The normalized spacial score (nSPS) is 36.1. The molecule has 0 radical (unpaired) electrons. The molecule has 0 spiro atoms. The number of hydrogen-bond acceptors (Lipinski definition) is 6. The molecule has 8 heteroatoms. The van der Waals surface area contributed by atoms with Gasteiger partial charge in [-0.1, -0.05) is 13.8 Å². The molecule has 0 N–H and O–H groups in total. The van der Waals surface area contributed by atoms with Gasteiger partial charge in [-0.3, -0.25) is 4.79 Å². The lowest BCUT2D eigenvalue weighted by atomic mass is 9.92. The van der Waals surface area contributed by atoms with Gasteiger partial charge in [0.05, 0.1) is 7.11 Å². The van der Waals surface area contributed by atoms with Crippen LogP contribution in [0.15, 0.2) is 0 Å². The lowest BCUT2D eigenvalue weighted by Gasteiger charge is -2.40. The summed E-state index contributed by atoms with van der Waals surface area (Å²) in [7, 11) is 1.42. The molecule has 0 bridgehead atoms. The maximum absolute atomic E-state index is 14.8. The topological polar surface area (TPSA) is 58.6 Å². The second-order valence-electron chi connectivity index (χ2n) is 10.1. The fourth-order valence-electron chi connectivity index (χ4n) is 6.16. The average molecular weight is 421 g/mol. The first-order valence-corrected chi connectivity index (χ1v) is 11.0. The second kappa shape index (κ2) is 6.26. The Morgan fingerprint density at radius 1 is 1.23 bits per heavy atom. The van der Waals surface area contributed by atoms with Crippen LogP contribution in [0.2, 0.25) is 0 Å². The number of halogens is 2. The van der Waals surface area contributed by atoms with Gasteiger partial charge in [0.15, 0.2) is 0 Å². The molecular weight excluding hydrogens is 390 g/mol. The van der Waals surface area contributed by atoms with E-state index in [1.54, 1.807) is 0 Å². The summed E-state index contributed by atoms with van der Waals surface area (Å²) < 4.78 is 34.5. The molecule has 4 aliphatic rings. The van der Waals surface area contributed by atoms with Crippen LogP contribution in [0.5, 0.6) is 0 Å². The highest BCUT2D eigenvalue weighted by atomic mass is 19.3. The number of anilines is 2. The Morgan fingerprint density at radius 3 is 2.50 bits per heavy atom. The summed E-state index contributed by atoms with van der Waals surface area (Å²) in [6, 6.07) is 0.277. The van der Waals surface area contributed by atoms with E-state index in [-0.39, 0.29) is 40.9 Å². The Bertz CT molecular complexity index is 891. The zero-order chi connectivity index (χ0) is 21.5. The van der Waals surface area contributed by atoms with Gasteiger partial charge in [-0.25, -0.2) is 4.98 Å². The number of methoxy groups -OCH3 is 1. The van der Waals surface area contributed by atoms with Crippen molar-refractivity contribution in [1.82, 2.24) is 9.97 Å². The third-order valence-electron chi connectivity index (χ3n) is 8.51. The molecule has 1 saturated carbocycles. The summed E-state index contributed by atoms with van der Waals surface area (Å²) >= 11 is 0. The number of ether oxygens (including phenoxy) is 1. The van der Waals surface area contributed by atoms with Crippen LogP contribution in [-0.4, -0.2) is 48.7 Å². The van der Waals surface area contributed by atoms with Crippen LogP contribution in [-0.2, 0) is 21.9 Å². The van der Waals surface area contributed by atoms with Crippen molar-refractivity contribution < 1.29 is 18.3 Å². The van der Waals surface area contributed by atoms with Gasteiger partial charge < -0.3 is 14.5 Å². The third-order valence-corrected chi connectivity index (χ3v) is 8.51. The second-order valence-corrected chi connectivity index (χ2v) is 10.1. The van der Waals surface area contributed by atoms with Gasteiger partial charge in [-0.15, -0.1) is 0 Å². The molecule has 1 aromatic rings. The summed E-state index contributed by atoms with van der Waals surface area (Å²) in [6.07, 6.45) is 2.33. The molecule has 164 valence electrons. The van der Waals surface area contributed by atoms with E-state index in [2.05, 4.69) is 30.7 Å². The molecule has 2 saturated heterocycles. The number of aromatic nitrogens is 2. The molecule has 6 nitrogen and oxygen atoms in total. The molecule has 1 unspecified atom stereocenters. The Balaban J connectivity index is 1.50. The highest BCUT2D eigenvalue weighted by molar-refractivity contribution is 5.71. The summed E-state index contributed by atoms with van der Waals surface area (Å²) in [4.78, 5) is 25.2. The minimum Gasteiger partial charge on any atom is -0.469 e. The largest absolute Gasteiger partial charge is 0.469 e. The molecule has 2 aliphatic carbocycles. The first-order chi connectivity index (χ1) is 14.1. The van der Waals surface area contributed by atoms with E-state index in [0.717, 1.165) is 26.1 Å². The first-order valence-electron chi connectivity index (χ1n) is 11.0. The summed E-state index contributed by atoms with van der Waals surface area (Å²) in [5.41, 5.74) is 0.455. The first kappa shape index (κ1) is 19.9. The smallest absolute Gasteiger partial charge is 0.305 e.